The van der Waals surface area contributed by atoms with E-state index in [0.29, 0.717) is 0 Å². The fourth-order valence-corrected chi connectivity index (χ4v) is 2.44. The number of hydrogen-bond donors (Lipinski definition) is 1. The van der Waals surface area contributed by atoms with Crippen LogP contribution in [0.15, 0.2) is 18.2 Å². The van der Waals surface area contributed by atoms with Crippen LogP contribution in [-0.4, -0.2) is 12.6 Å². The van der Waals surface area contributed by atoms with Crippen molar-refractivity contribution in [2.75, 3.05) is 6.54 Å². The van der Waals surface area contributed by atoms with Crippen LogP contribution in [0.5, 0.6) is 0 Å². The Bertz CT molecular complexity index is 346. The lowest BCUT2D eigenvalue weighted by molar-refractivity contribution is 0.457. The van der Waals surface area contributed by atoms with Gasteiger partial charge in [0, 0.05) is 6.04 Å². The van der Waals surface area contributed by atoms with Crippen LogP contribution in [-0.2, 0) is 6.42 Å². The molecule has 1 fully saturated rings. The van der Waals surface area contributed by atoms with E-state index in [-0.39, 0.29) is 0 Å². The molecule has 1 heteroatoms. The molecule has 0 amide bonds. The molecule has 1 saturated carbocycles. The highest BCUT2D eigenvalue weighted by Crippen LogP contribution is 2.22. The maximum absolute atomic E-state index is 3.67. The van der Waals surface area contributed by atoms with Gasteiger partial charge in [-0.15, -0.1) is 0 Å². The lowest BCUT2D eigenvalue weighted by Crippen LogP contribution is -2.26. The first kappa shape index (κ1) is 12.6. The average molecular weight is 231 g/mol. The van der Waals surface area contributed by atoms with E-state index >= 15 is 0 Å². The second-order valence-electron chi connectivity index (χ2n) is 5.53. The van der Waals surface area contributed by atoms with Gasteiger partial charge in [-0.25, -0.2) is 0 Å². The third-order valence-corrected chi connectivity index (χ3v) is 3.99. The molecule has 0 spiro atoms. The molecule has 0 saturated heterocycles. The van der Waals surface area contributed by atoms with Gasteiger partial charge in [-0.3, -0.25) is 0 Å². The minimum absolute atomic E-state index is 0.787. The number of rotatable bonds is 6. The largest absolute Gasteiger partial charge is 0.314 e. The summed E-state index contributed by atoms with van der Waals surface area (Å²) < 4.78 is 0. The summed E-state index contributed by atoms with van der Waals surface area (Å²) in [5.74, 6) is 0.787. The van der Waals surface area contributed by atoms with Crippen LogP contribution in [0, 0.1) is 19.8 Å². The Hall–Kier alpha value is -0.820. The van der Waals surface area contributed by atoms with E-state index in [1.807, 2.05) is 0 Å². The van der Waals surface area contributed by atoms with Crippen LogP contribution in [0.25, 0.3) is 0 Å². The Morgan fingerprint density at radius 2 is 1.88 bits per heavy atom. The first-order chi connectivity index (χ1) is 8.20. The number of nitrogens with one attached hydrogen (secondary N) is 1. The predicted octanol–water partition coefficient (Wildman–Crippen LogP) is 3.62. The van der Waals surface area contributed by atoms with Crippen molar-refractivity contribution in [2.45, 2.75) is 52.5 Å². The molecule has 17 heavy (non-hydrogen) atoms. The molecular weight excluding hydrogens is 206 g/mol. The summed E-state index contributed by atoms with van der Waals surface area (Å²) in [6.07, 6.45) is 5.28. The van der Waals surface area contributed by atoms with E-state index < -0.39 is 0 Å². The maximum Gasteiger partial charge on any atom is 0.00683 e. The van der Waals surface area contributed by atoms with Gasteiger partial charge >= 0.3 is 0 Å². The van der Waals surface area contributed by atoms with E-state index in [2.05, 4.69) is 44.3 Å². The molecule has 0 bridgehead atoms. The van der Waals surface area contributed by atoms with Gasteiger partial charge in [-0.1, -0.05) is 31.5 Å². The second-order valence-corrected chi connectivity index (χ2v) is 5.53. The molecule has 1 aromatic carbocycles. The highest BCUT2D eigenvalue weighted by atomic mass is 14.9. The number of hydrogen-bond acceptors (Lipinski definition) is 1. The molecule has 1 unspecified atom stereocenters. The van der Waals surface area contributed by atoms with Gasteiger partial charge < -0.3 is 5.32 Å². The maximum atomic E-state index is 3.67. The Morgan fingerprint density at radius 3 is 2.41 bits per heavy atom. The van der Waals surface area contributed by atoms with Gasteiger partial charge in [-0.05, 0) is 62.3 Å². The van der Waals surface area contributed by atoms with E-state index in [9.17, 15) is 0 Å². The zero-order valence-corrected chi connectivity index (χ0v) is 11.4. The quantitative estimate of drug-likeness (QED) is 0.788. The summed E-state index contributed by atoms with van der Waals surface area (Å²) in [6.45, 7) is 7.98. The van der Waals surface area contributed by atoms with Gasteiger partial charge in [-0.2, -0.15) is 0 Å². The van der Waals surface area contributed by atoms with Crippen LogP contribution in [0.2, 0.25) is 0 Å². The van der Waals surface area contributed by atoms with Gasteiger partial charge in [0.15, 0.2) is 0 Å². The standard InChI is InChI=1S/C16H25N/c1-4-14(11-17-15-8-9-15)10-16-12(2)6-5-7-13(16)3/h5-7,14-15,17H,4,8-11H2,1-3H3. The highest BCUT2D eigenvalue weighted by molar-refractivity contribution is 5.33. The molecule has 1 aliphatic rings. The predicted molar refractivity (Wildman–Crippen MR) is 74.4 cm³/mol. The van der Waals surface area contributed by atoms with Gasteiger partial charge in [0.2, 0.25) is 0 Å². The van der Waals surface area contributed by atoms with Crippen molar-refractivity contribution >= 4 is 0 Å². The topological polar surface area (TPSA) is 12.0 Å². The van der Waals surface area contributed by atoms with Crippen molar-refractivity contribution in [1.29, 1.82) is 0 Å². The van der Waals surface area contributed by atoms with Crippen molar-refractivity contribution < 1.29 is 0 Å². The Labute approximate surface area is 106 Å². The number of benzene rings is 1. The summed E-state index contributed by atoms with van der Waals surface area (Å²) >= 11 is 0. The molecule has 0 aromatic heterocycles. The molecule has 1 atom stereocenters. The monoisotopic (exact) mass is 231 g/mol. The summed E-state index contributed by atoms with van der Waals surface area (Å²) in [5, 5.41) is 3.67. The second kappa shape index (κ2) is 5.68. The fourth-order valence-electron chi connectivity index (χ4n) is 2.44. The highest BCUT2D eigenvalue weighted by Gasteiger charge is 2.21. The van der Waals surface area contributed by atoms with Crippen molar-refractivity contribution in [1.82, 2.24) is 5.32 Å². The summed E-state index contributed by atoms with van der Waals surface area (Å²) in [7, 11) is 0. The molecular formula is C16H25N. The zero-order chi connectivity index (χ0) is 12.3. The molecule has 0 radical (unpaired) electrons. The lowest BCUT2D eigenvalue weighted by atomic mass is 9.91. The van der Waals surface area contributed by atoms with Crippen LogP contribution in [0.1, 0.15) is 42.9 Å². The molecule has 0 heterocycles. The first-order valence-electron chi connectivity index (χ1n) is 6.99. The van der Waals surface area contributed by atoms with Crippen LogP contribution in [0.3, 0.4) is 0 Å². The molecule has 1 N–H and O–H groups in total. The van der Waals surface area contributed by atoms with E-state index in [1.165, 1.54) is 43.4 Å². The molecule has 1 aromatic rings. The van der Waals surface area contributed by atoms with Gasteiger partial charge in [0.1, 0.15) is 0 Å². The molecule has 1 aliphatic carbocycles. The minimum atomic E-state index is 0.787. The molecule has 2 rings (SSSR count). The zero-order valence-electron chi connectivity index (χ0n) is 11.4. The SMILES string of the molecule is CCC(CNC1CC1)Cc1c(C)cccc1C. The van der Waals surface area contributed by atoms with E-state index in [1.54, 1.807) is 5.56 Å². The average Bonchev–Trinajstić information content (AvgIpc) is 3.12. The van der Waals surface area contributed by atoms with Crippen molar-refractivity contribution in [3.8, 4) is 0 Å². The summed E-state index contributed by atoms with van der Waals surface area (Å²) in [5.41, 5.74) is 4.47. The van der Waals surface area contributed by atoms with Crippen LogP contribution in [0.4, 0.5) is 0 Å². The van der Waals surface area contributed by atoms with Crippen molar-refractivity contribution in [2.24, 2.45) is 5.92 Å². The van der Waals surface area contributed by atoms with E-state index in [4.69, 9.17) is 0 Å². The van der Waals surface area contributed by atoms with Gasteiger partial charge in [0.25, 0.3) is 0 Å². The number of aryl methyl sites for hydroxylation is 2. The normalized spacial score (nSPS) is 17.1. The minimum Gasteiger partial charge on any atom is -0.314 e. The fraction of sp³-hybridized carbons (Fsp3) is 0.625. The van der Waals surface area contributed by atoms with Crippen LogP contribution < -0.4 is 5.32 Å². The summed E-state index contributed by atoms with van der Waals surface area (Å²) in [4.78, 5) is 0. The van der Waals surface area contributed by atoms with Crippen molar-refractivity contribution in [3.63, 3.8) is 0 Å². The molecule has 1 nitrogen and oxygen atoms in total. The third kappa shape index (κ3) is 3.57. The first-order valence-corrected chi connectivity index (χ1v) is 6.99. The Balaban J connectivity index is 1.96. The summed E-state index contributed by atoms with van der Waals surface area (Å²) in [6, 6.07) is 7.48. The Kier molecular flexibility index (Phi) is 4.22. The molecule has 0 aliphatic heterocycles. The smallest absolute Gasteiger partial charge is 0.00683 e. The molecule has 94 valence electrons. The lowest BCUT2D eigenvalue weighted by Gasteiger charge is -2.18. The Morgan fingerprint density at radius 1 is 1.24 bits per heavy atom. The van der Waals surface area contributed by atoms with Gasteiger partial charge in [0.05, 0.1) is 0 Å². The third-order valence-electron chi connectivity index (χ3n) is 3.99. The van der Waals surface area contributed by atoms with E-state index in [0.717, 1.165) is 12.0 Å². The van der Waals surface area contributed by atoms with Crippen LogP contribution >= 0.6 is 0 Å². The van der Waals surface area contributed by atoms with Crippen molar-refractivity contribution in [3.05, 3.63) is 34.9 Å².